The number of aryl methyl sites for hydroxylation is 1. The Hall–Kier alpha value is -3.53. The van der Waals surface area contributed by atoms with Crippen LogP contribution in [0.4, 0.5) is 5.69 Å². The number of ether oxygens (including phenoxy) is 1. The summed E-state index contributed by atoms with van der Waals surface area (Å²) in [6.45, 7) is 5.68. The van der Waals surface area contributed by atoms with E-state index < -0.39 is 0 Å². The molecule has 5 rings (SSSR count). The lowest BCUT2D eigenvalue weighted by Crippen LogP contribution is -2.57. The zero-order chi connectivity index (χ0) is 22.2. The highest BCUT2D eigenvalue weighted by molar-refractivity contribution is 5.90. The summed E-state index contributed by atoms with van der Waals surface area (Å²) in [6, 6.07) is 4.05. The van der Waals surface area contributed by atoms with Crippen molar-refractivity contribution >= 4 is 22.6 Å². The average molecular weight is 435 g/mol. The average Bonchev–Trinajstić information content (AvgIpc) is 2.82. The van der Waals surface area contributed by atoms with Gasteiger partial charge in [-0.05, 0) is 24.1 Å². The quantitative estimate of drug-likeness (QED) is 0.616. The Balaban J connectivity index is 1.30. The number of hydrogen-bond donors (Lipinski definition) is 2. The lowest BCUT2D eigenvalue weighted by atomic mass is 10.1. The third-order valence-electron chi connectivity index (χ3n) is 6.07. The number of piperazine rings is 1. The van der Waals surface area contributed by atoms with Crippen molar-refractivity contribution in [2.45, 2.75) is 25.9 Å². The second-order valence-corrected chi connectivity index (χ2v) is 8.11. The predicted octanol–water partition coefficient (Wildman–Crippen LogP) is 0.718. The molecule has 1 saturated heterocycles. The van der Waals surface area contributed by atoms with Gasteiger partial charge in [0.05, 0.1) is 23.3 Å². The van der Waals surface area contributed by atoms with Crippen LogP contribution in [0.1, 0.15) is 28.7 Å². The molecule has 0 saturated carbocycles. The maximum absolute atomic E-state index is 12.2. The topological polar surface area (TPSA) is 116 Å². The van der Waals surface area contributed by atoms with Crippen LogP contribution in [0, 0.1) is 0 Å². The predicted molar refractivity (Wildman–Crippen MR) is 119 cm³/mol. The largest absolute Gasteiger partial charge is 0.474 e. The number of aromatic nitrogens is 4. The van der Waals surface area contributed by atoms with E-state index in [0.717, 1.165) is 54.0 Å². The number of amides is 1. The summed E-state index contributed by atoms with van der Waals surface area (Å²) in [4.78, 5) is 44.5. The molecular weight excluding hydrogens is 410 g/mol. The molecule has 32 heavy (non-hydrogen) atoms. The van der Waals surface area contributed by atoms with E-state index in [2.05, 4.69) is 35.1 Å². The first-order valence-electron chi connectivity index (χ1n) is 10.8. The number of aromatic amines is 1. The van der Waals surface area contributed by atoms with Crippen LogP contribution in [-0.2, 0) is 13.0 Å². The van der Waals surface area contributed by atoms with Gasteiger partial charge >= 0.3 is 0 Å². The summed E-state index contributed by atoms with van der Waals surface area (Å²) in [6.07, 6.45) is 4.24. The second-order valence-electron chi connectivity index (χ2n) is 8.11. The van der Waals surface area contributed by atoms with Gasteiger partial charge in [0.2, 0.25) is 11.7 Å². The zero-order valence-corrected chi connectivity index (χ0v) is 18.1. The van der Waals surface area contributed by atoms with Crippen LogP contribution in [-0.4, -0.2) is 70.1 Å². The Morgan fingerprint density at radius 2 is 2.16 bits per heavy atom. The minimum Gasteiger partial charge on any atom is -0.474 e. The number of hydrogen-bond acceptors (Lipinski definition) is 8. The van der Waals surface area contributed by atoms with Crippen molar-refractivity contribution < 1.29 is 9.53 Å². The van der Waals surface area contributed by atoms with Crippen molar-refractivity contribution in [3.8, 4) is 5.88 Å². The zero-order valence-electron chi connectivity index (χ0n) is 18.1. The van der Waals surface area contributed by atoms with Gasteiger partial charge in [-0.25, -0.2) is 4.98 Å². The van der Waals surface area contributed by atoms with Gasteiger partial charge in [-0.15, -0.1) is 0 Å². The van der Waals surface area contributed by atoms with Crippen LogP contribution in [0.5, 0.6) is 5.88 Å². The maximum atomic E-state index is 12.2. The van der Waals surface area contributed by atoms with Gasteiger partial charge in [0.1, 0.15) is 12.3 Å². The summed E-state index contributed by atoms with van der Waals surface area (Å²) in [5.41, 5.74) is 4.16. The fourth-order valence-corrected chi connectivity index (χ4v) is 4.36. The number of carbonyl (C=O) groups excluding carboxylic acids is 1. The molecule has 5 heterocycles. The lowest BCUT2D eigenvalue weighted by Gasteiger charge is -2.44. The van der Waals surface area contributed by atoms with E-state index in [1.165, 1.54) is 0 Å². The number of carbonyl (C=O) groups is 1. The molecule has 1 fully saturated rings. The Labute approximate surface area is 184 Å². The first-order chi connectivity index (χ1) is 15.6. The van der Waals surface area contributed by atoms with Crippen molar-refractivity contribution in [2.75, 3.05) is 38.2 Å². The summed E-state index contributed by atoms with van der Waals surface area (Å²) in [5.74, 6) is 0.230. The first kappa shape index (κ1) is 20.4. The van der Waals surface area contributed by atoms with E-state index in [-0.39, 0.29) is 23.3 Å². The Morgan fingerprint density at radius 1 is 1.28 bits per heavy atom. The molecule has 3 aromatic heterocycles. The highest BCUT2D eigenvalue weighted by Gasteiger charge is 2.34. The van der Waals surface area contributed by atoms with Gasteiger partial charge in [-0.1, -0.05) is 6.92 Å². The minimum atomic E-state index is -0.334. The number of nitrogens with zero attached hydrogens (tertiary/aromatic N) is 5. The number of nitrogens with one attached hydrogen (secondary N) is 2. The minimum absolute atomic E-state index is 0.0487. The second kappa shape index (κ2) is 8.19. The number of H-pyrrole nitrogens is 1. The molecule has 1 atom stereocenters. The molecule has 2 aliphatic rings. The normalized spacial score (nSPS) is 18.1. The van der Waals surface area contributed by atoms with E-state index in [1.807, 2.05) is 25.3 Å². The van der Waals surface area contributed by atoms with E-state index >= 15 is 0 Å². The molecule has 0 aromatic carbocycles. The van der Waals surface area contributed by atoms with Crippen LogP contribution < -0.4 is 20.5 Å². The van der Waals surface area contributed by atoms with Crippen LogP contribution in [0.2, 0.25) is 0 Å². The van der Waals surface area contributed by atoms with E-state index in [0.29, 0.717) is 18.9 Å². The maximum Gasteiger partial charge on any atom is 0.288 e. The van der Waals surface area contributed by atoms with E-state index in [9.17, 15) is 9.59 Å². The fraction of sp³-hybridized carbons (Fsp3) is 0.409. The molecule has 2 aliphatic heterocycles. The Bertz CT molecular complexity index is 1240. The van der Waals surface area contributed by atoms with Crippen LogP contribution >= 0.6 is 0 Å². The molecule has 166 valence electrons. The SMILES string of the molecule is CCc1cc2ncc(CN3CCN4c5cnc(C(=O)NC)nc5OC[C@@H]4C3)cc2[nH]c1=O. The van der Waals surface area contributed by atoms with Gasteiger partial charge in [0, 0.05) is 45.0 Å². The molecule has 10 nitrogen and oxygen atoms in total. The summed E-state index contributed by atoms with van der Waals surface area (Å²) in [7, 11) is 1.55. The highest BCUT2D eigenvalue weighted by atomic mass is 16.5. The van der Waals surface area contributed by atoms with Gasteiger partial charge < -0.3 is 19.9 Å². The van der Waals surface area contributed by atoms with Crippen LogP contribution in [0.3, 0.4) is 0 Å². The standard InChI is InChI=1S/C22H25N7O3/c1-3-14-7-16-17(26-20(14)30)6-13(8-24-16)10-28-4-5-29-15(11-28)12-32-22-18(29)9-25-19(27-22)21(31)23-2/h6-9,15H,3-5,10-12H2,1-2H3,(H,23,31)(H,26,30)/t15-/m0/s1. The summed E-state index contributed by atoms with van der Waals surface area (Å²) in [5, 5.41) is 2.53. The first-order valence-corrected chi connectivity index (χ1v) is 10.8. The van der Waals surface area contributed by atoms with Crippen molar-refractivity contribution in [2.24, 2.45) is 0 Å². The van der Waals surface area contributed by atoms with Crippen molar-refractivity contribution in [1.29, 1.82) is 0 Å². The molecular formula is C22H25N7O3. The smallest absolute Gasteiger partial charge is 0.288 e. The molecule has 0 aliphatic carbocycles. The Morgan fingerprint density at radius 3 is 2.97 bits per heavy atom. The van der Waals surface area contributed by atoms with Gasteiger partial charge in [0.15, 0.2) is 0 Å². The molecule has 10 heteroatoms. The van der Waals surface area contributed by atoms with Gasteiger partial charge in [-0.3, -0.25) is 19.5 Å². The van der Waals surface area contributed by atoms with Gasteiger partial charge in [-0.2, -0.15) is 4.98 Å². The molecule has 1 amide bonds. The van der Waals surface area contributed by atoms with E-state index in [1.54, 1.807) is 13.2 Å². The number of fused-ring (bicyclic) bond motifs is 4. The van der Waals surface area contributed by atoms with Crippen molar-refractivity contribution in [3.05, 3.63) is 51.8 Å². The molecule has 0 bridgehead atoms. The van der Waals surface area contributed by atoms with Crippen LogP contribution in [0.15, 0.2) is 29.3 Å². The number of anilines is 1. The lowest BCUT2D eigenvalue weighted by molar-refractivity contribution is 0.0950. The van der Waals surface area contributed by atoms with Crippen molar-refractivity contribution in [1.82, 2.24) is 30.2 Å². The van der Waals surface area contributed by atoms with E-state index in [4.69, 9.17) is 4.74 Å². The Kier molecular flexibility index (Phi) is 5.22. The van der Waals surface area contributed by atoms with Gasteiger partial charge in [0.25, 0.3) is 11.5 Å². The highest BCUT2D eigenvalue weighted by Crippen LogP contribution is 2.33. The number of pyridine rings is 2. The summed E-state index contributed by atoms with van der Waals surface area (Å²) >= 11 is 0. The number of rotatable bonds is 4. The molecule has 0 spiro atoms. The monoisotopic (exact) mass is 435 g/mol. The fourth-order valence-electron chi connectivity index (χ4n) is 4.36. The molecule has 0 unspecified atom stereocenters. The molecule has 3 aromatic rings. The molecule has 0 radical (unpaired) electrons. The summed E-state index contributed by atoms with van der Waals surface area (Å²) < 4.78 is 5.87. The van der Waals surface area contributed by atoms with Crippen molar-refractivity contribution in [3.63, 3.8) is 0 Å². The molecule has 2 N–H and O–H groups in total. The third-order valence-corrected chi connectivity index (χ3v) is 6.07. The third kappa shape index (κ3) is 3.66. The van der Waals surface area contributed by atoms with Crippen LogP contribution in [0.25, 0.3) is 11.0 Å².